The quantitative estimate of drug-likeness (QED) is 0.313. The van der Waals surface area contributed by atoms with Gasteiger partial charge in [-0.25, -0.2) is 9.67 Å². The van der Waals surface area contributed by atoms with Crippen LogP contribution >= 0.6 is 0 Å². The van der Waals surface area contributed by atoms with Gasteiger partial charge in [-0.05, 0) is 49.3 Å². The number of unbranched alkanes of at least 4 members (excludes halogenated alkanes) is 1. The highest BCUT2D eigenvalue weighted by atomic mass is 16.1. The summed E-state index contributed by atoms with van der Waals surface area (Å²) in [5, 5.41) is 13.6. The number of fused-ring (bicyclic) bond motifs is 1. The largest absolute Gasteiger partial charge is 0.310 e. The summed E-state index contributed by atoms with van der Waals surface area (Å²) < 4.78 is 1.99. The van der Waals surface area contributed by atoms with Crippen LogP contribution in [0.2, 0.25) is 0 Å². The molecule has 0 amide bonds. The molecule has 0 aliphatic heterocycles. The number of aryl methyl sites for hydroxylation is 1. The topological polar surface area (TPSA) is 87.4 Å². The van der Waals surface area contributed by atoms with Crippen molar-refractivity contribution in [3.05, 3.63) is 57.8 Å². The standard InChI is InChI=1S/C20H34N4O.C9H9N/c1-6-11-12-15(9-4)24-19-17(13-21-24)20(25)23-18(22-19)16(10-5)14(7-2)8-3;1-2-8-3-5-9(7-10)6-4-8/h13-16H,6-12H2,1-5H3,(H,22,23,25);3-6H,2H2,1H3/t15?,16-;/m1./s1. The fourth-order valence-electron chi connectivity index (χ4n) is 4.76. The van der Waals surface area contributed by atoms with Crippen LogP contribution in [0.5, 0.6) is 0 Å². The van der Waals surface area contributed by atoms with Crippen LogP contribution < -0.4 is 5.56 Å². The number of H-pyrrole nitrogens is 1. The van der Waals surface area contributed by atoms with Gasteiger partial charge < -0.3 is 4.98 Å². The average Bonchev–Trinajstić information content (AvgIpc) is 3.32. The maximum atomic E-state index is 12.6. The third kappa shape index (κ3) is 7.27. The van der Waals surface area contributed by atoms with E-state index in [0.717, 1.165) is 55.6 Å². The Morgan fingerprint density at radius 2 is 1.69 bits per heavy atom. The van der Waals surface area contributed by atoms with Crippen molar-refractivity contribution in [3.8, 4) is 6.07 Å². The van der Waals surface area contributed by atoms with E-state index < -0.39 is 0 Å². The molecule has 0 bridgehead atoms. The Balaban J connectivity index is 0.000000360. The van der Waals surface area contributed by atoms with Crippen molar-refractivity contribution in [3.63, 3.8) is 0 Å². The van der Waals surface area contributed by atoms with Crippen LogP contribution in [-0.4, -0.2) is 19.7 Å². The van der Waals surface area contributed by atoms with Crippen LogP contribution in [0.25, 0.3) is 11.0 Å². The smallest absolute Gasteiger partial charge is 0.262 e. The fourth-order valence-corrected chi connectivity index (χ4v) is 4.76. The third-order valence-corrected chi connectivity index (χ3v) is 7.09. The first-order valence-electron chi connectivity index (χ1n) is 13.4. The molecule has 35 heavy (non-hydrogen) atoms. The average molecular weight is 478 g/mol. The molecule has 0 saturated heterocycles. The van der Waals surface area contributed by atoms with Gasteiger partial charge in [0.15, 0.2) is 5.65 Å². The van der Waals surface area contributed by atoms with Crippen molar-refractivity contribution in [1.29, 1.82) is 5.26 Å². The summed E-state index contributed by atoms with van der Waals surface area (Å²) in [6, 6.07) is 10.1. The molecule has 2 heterocycles. The molecule has 2 aromatic heterocycles. The number of benzene rings is 1. The van der Waals surface area contributed by atoms with E-state index in [-0.39, 0.29) is 5.56 Å². The van der Waals surface area contributed by atoms with Gasteiger partial charge >= 0.3 is 0 Å². The van der Waals surface area contributed by atoms with Crippen molar-refractivity contribution < 1.29 is 0 Å². The third-order valence-electron chi connectivity index (χ3n) is 7.09. The molecule has 0 radical (unpaired) electrons. The lowest BCUT2D eigenvalue weighted by Gasteiger charge is -2.23. The number of hydrogen-bond acceptors (Lipinski definition) is 4. The Morgan fingerprint density at radius 3 is 2.20 bits per heavy atom. The maximum Gasteiger partial charge on any atom is 0.262 e. The second-order valence-electron chi connectivity index (χ2n) is 9.24. The van der Waals surface area contributed by atoms with Gasteiger partial charge in [-0.2, -0.15) is 10.4 Å². The molecule has 2 atom stereocenters. The molecule has 190 valence electrons. The zero-order valence-corrected chi connectivity index (χ0v) is 22.5. The number of nitriles is 1. The van der Waals surface area contributed by atoms with Gasteiger partial charge in [0.25, 0.3) is 5.56 Å². The molecule has 0 fully saturated rings. The van der Waals surface area contributed by atoms with Crippen LogP contribution in [-0.2, 0) is 6.42 Å². The summed E-state index contributed by atoms with van der Waals surface area (Å²) in [7, 11) is 0. The van der Waals surface area contributed by atoms with E-state index in [1.807, 2.05) is 28.9 Å². The minimum atomic E-state index is -0.0546. The van der Waals surface area contributed by atoms with Crippen LogP contribution in [0, 0.1) is 17.2 Å². The number of nitrogens with one attached hydrogen (secondary N) is 1. The summed E-state index contributed by atoms with van der Waals surface area (Å²) in [5.74, 6) is 1.68. The molecule has 0 aliphatic carbocycles. The van der Waals surface area contributed by atoms with Crippen LogP contribution in [0.1, 0.15) is 115 Å². The molecular formula is C29H43N5O. The number of aromatic amines is 1. The number of rotatable bonds is 11. The zero-order chi connectivity index (χ0) is 25.8. The predicted octanol–water partition coefficient (Wildman–Crippen LogP) is 7.31. The van der Waals surface area contributed by atoms with E-state index in [2.05, 4.69) is 57.7 Å². The van der Waals surface area contributed by atoms with Crippen molar-refractivity contribution in [1.82, 2.24) is 19.7 Å². The van der Waals surface area contributed by atoms with E-state index in [9.17, 15) is 4.79 Å². The molecule has 0 saturated carbocycles. The van der Waals surface area contributed by atoms with E-state index in [1.165, 1.54) is 18.4 Å². The van der Waals surface area contributed by atoms with Crippen LogP contribution in [0.4, 0.5) is 0 Å². The summed E-state index contributed by atoms with van der Waals surface area (Å²) in [4.78, 5) is 20.6. The SMILES string of the molecule is CCCCC(CC)n1ncc2c(=O)[nH]c([C@H](CC)C(CC)CC)nc21.CCc1ccc(C#N)cc1. The summed E-state index contributed by atoms with van der Waals surface area (Å²) in [6.45, 7) is 13.1. The Hall–Kier alpha value is -2.94. The molecule has 3 rings (SSSR count). The van der Waals surface area contributed by atoms with Gasteiger partial charge in [0, 0.05) is 5.92 Å². The molecule has 1 N–H and O–H groups in total. The summed E-state index contributed by atoms with van der Waals surface area (Å²) >= 11 is 0. The highest BCUT2D eigenvalue weighted by molar-refractivity contribution is 5.73. The molecule has 6 heteroatoms. The van der Waals surface area contributed by atoms with Gasteiger partial charge in [0.1, 0.15) is 11.2 Å². The second-order valence-corrected chi connectivity index (χ2v) is 9.24. The van der Waals surface area contributed by atoms with Gasteiger partial charge in [-0.1, -0.05) is 79.4 Å². The molecule has 1 unspecified atom stereocenters. The highest BCUT2D eigenvalue weighted by Gasteiger charge is 2.23. The zero-order valence-electron chi connectivity index (χ0n) is 22.5. The molecule has 0 aliphatic rings. The fraction of sp³-hybridized carbons (Fsp3) is 0.586. The lowest BCUT2D eigenvalue weighted by Crippen LogP contribution is -2.20. The molecule has 1 aromatic carbocycles. The van der Waals surface area contributed by atoms with E-state index in [0.29, 0.717) is 23.3 Å². The van der Waals surface area contributed by atoms with Gasteiger partial charge in [0.2, 0.25) is 0 Å². The number of nitrogens with zero attached hydrogens (tertiary/aromatic N) is 4. The first-order valence-corrected chi connectivity index (χ1v) is 13.4. The highest BCUT2D eigenvalue weighted by Crippen LogP contribution is 2.31. The van der Waals surface area contributed by atoms with Crippen molar-refractivity contribution in [2.45, 2.75) is 105 Å². The minimum Gasteiger partial charge on any atom is -0.310 e. The summed E-state index contributed by atoms with van der Waals surface area (Å²) in [5.41, 5.74) is 2.71. The normalized spacial score (nSPS) is 12.7. The van der Waals surface area contributed by atoms with Gasteiger partial charge in [0.05, 0.1) is 23.9 Å². The monoisotopic (exact) mass is 477 g/mol. The Bertz CT molecular complexity index is 1120. The van der Waals surface area contributed by atoms with Gasteiger partial charge in [-0.3, -0.25) is 4.79 Å². The molecule has 6 nitrogen and oxygen atoms in total. The number of aromatic nitrogens is 4. The van der Waals surface area contributed by atoms with Crippen molar-refractivity contribution >= 4 is 11.0 Å². The molecule has 0 spiro atoms. The second kappa shape index (κ2) is 14.5. The van der Waals surface area contributed by atoms with Crippen LogP contribution in [0.3, 0.4) is 0 Å². The van der Waals surface area contributed by atoms with Crippen LogP contribution in [0.15, 0.2) is 35.3 Å². The number of hydrogen-bond donors (Lipinski definition) is 1. The van der Waals surface area contributed by atoms with E-state index in [4.69, 9.17) is 10.2 Å². The van der Waals surface area contributed by atoms with Crippen molar-refractivity contribution in [2.75, 3.05) is 0 Å². The molecular weight excluding hydrogens is 434 g/mol. The Labute approximate surface area is 210 Å². The van der Waals surface area contributed by atoms with Gasteiger partial charge in [-0.15, -0.1) is 0 Å². The lowest BCUT2D eigenvalue weighted by molar-refractivity contribution is 0.373. The first kappa shape index (κ1) is 28.3. The summed E-state index contributed by atoms with van der Waals surface area (Å²) in [6.07, 6.45) is 10.3. The lowest BCUT2D eigenvalue weighted by atomic mass is 9.85. The molecule has 3 aromatic rings. The Kier molecular flexibility index (Phi) is 11.7. The van der Waals surface area contributed by atoms with Crippen molar-refractivity contribution in [2.24, 2.45) is 5.92 Å². The van der Waals surface area contributed by atoms with E-state index in [1.54, 1.807) is 6.20 Å². The van der Waals surface area contributed by atoms with E-state index >= 15 is 0 Å². The predicted molar refractivity (Wildman–Crippen MR) is 145 cm³/mol. The maximum absolute atomic E-state index is 12.6. The first-order chi connectivity index (χ1) is 17.0. The Morgan fingerprint density at radius 1 is 1.00 bits per heavy atom. The minimum absolute atomic E-state index is 0.0546.